The van der Waals surface area contributed by atoms with Crippen molar-refractivity contribution in [1.29, 1.82) is 0 Å². The van der Waals surface area contributed by atoms with Crippen molar-refractivity contribution in [3.05, 3.63) is 58.5 Å². The molecule has 0 unspecified atom stereocenters. The summed E-state index contributed by atoms with van der Waals surface area (Å²) in [5, 5.41) is 0.557. The van der Waals surface area contributed by atoms with Gasteiger partial charge in [0.25, 0.3) is 0 Å². The Morgan fingerprint density at radius 3 is 2.91 bits per heavy atom. The van der Waals surface area contributed by atoms with Gasteiger partial charge < -0.3 is 23.7 Å². The lowest BCUT2D eigenvalue weighted by atomic mass is 10.0. The molecule has 0 saturated carbocycles. The molecule has 9 heteroatoms. The first-order valence-electron chi connectivity index (χ1n) is 11.7. The van der Waals surface area contributed by atoms with Crippen molar-refractivity contribution in [1.82, 2.24) is 14.3 Å². The lowest BCUT2D eigenvalue weighted by Gasteiger charge is -2.32. The zero-order valence-electron chi connectivity index (χ0n) is 19.8. The Morgan fingerprint density at radius 2 is 2.14 bits per heavy atom. The summed E-state index contributed by atoms with van der Waals surface area (Å²) in [5.41, 5.74) is 6.00. The van der Waals surface area contributed by atoms with Crippen LogP contribution in [0.5, 0.6) is 0 Å². The van der Waals surface area contributed by atoms with Gasteiger partial charge in [-0.1, -0.05) is 11.6 Å². The number of methoxy groups -OCH3 is 1. The largest absolute Gasteiger partial charge is 0.453 e. The van der Waals surface area contributed by atoms with Crippen molar-refractivity contribution in [2.24, 2.45) is 0 Å². The fourth-order valence-electron chi connectivity index (χ4n) is 4.89. The molecule has 0 bridgehead atoms. The molecular weight excluding hydrogens is 468 g/mol. The van der Waals surface area contributed by atoms with Crippen molar-refractivity contribution in [3.63, 3.8) is 0 Å². The highest BCUT2D eigenvalue weighted by Crippen LogP contribution is 2.36. The van der Waals surface area contributed by atoms with E-state index in [0.29, 0.717) is 36.8 Å². The van der Waals surface area contributed by atoms with Crippen molar-refractivity contribution in [2.45, 2.75) is 32.3 Å². The summed E-state index contributed by atoms with van der Waals surface area (Å²) in [5.74, 6) is 2.05. The number of halogens is 1. The van der Waals surface area contributed by atoms with Crippen LogP contribution in [-0.4, -0.2) is 65.8 Å². The van der Waals surface area contributed by atoms with Crippen LogP contribution in [0.1, 0.15) is 24.1 Å². The van der Waals surface area contributed by atoms with E-state index in [1.54, 1.807) is 4.90 Å². The Hall–Kier alpha value is -3.32. The molecule has 3 aromatic rings. The first-order chi connectivity index (χ1) is 17.0. The maximum Gasteiger partial charge on any atom is 0.409 e. The van der Waals surface area contributed by atoms with Gasteiger partial charge in [-0.2, -0.15) is 0 Å². The quantitative estimate of drug-likeness (QED) is 0.504. The highest BCUT2D eigenvalue weighted by Gasteiger charge is 2.28. The van der Waals surface area contributed by atoms with E-state index in [9.17, 15) is 9.59 Å². The monoisotopic (exact) mass is 494 g/mol. The number of carbonyl (C=O) groups is 1. The minimum Gasteiger partial charge on any atom is -0.453 e. The predicted octanol–water partition coefficient (Wildman–Crippen LogP) is 4.29. The molecule has 5 rings (SSSR count). The van der Waals surface area contributed by atoms with Crippen LogP contribution < -0.4 is 4.90 Å². The Morgan fingerprint density at radius 1 is 1.29 bits per heavy atom. The van der Waals surface area contributed by atoms with Gasteiger partial charge in [-0.3, -0.25) is 0 Å². The number of morpholine rings is 1. The lowest BCUT2D eigenvalue weighted by molar-refractivity contribution is -0.0241. The summed E-state index contributed by atoms with van der Waals surface area (Å²) in [6.07, 6.45) is 3.65. The summed E-state index contributed by atoms with van der Waals surface area (Å²) in [6, 6.07) is 9.88. The highest BCUT2D eigenvalue weighted by molar-refractivity contribution is 6.33. The Bertz CT molecular complexity index is 1330. The average Bonchev–Trinajstić information content (AvgIpc) is 3.48. The van der Waals surface area contributed by atoms with Gasteiger partial charge in [-0.15, -0.1) is 0 Å². The Balaban J connectivity index is 1.52. The standard InChI is InChI=1S/C26H27ClN4O4/c1-17-7-9-31-23(14-20-15-29(10-11-35-20)26(33)34-2)25(28-24(31)12-17)21-6-5-18(13-22(21)27)30-8-3-4-19(30)16-32/h5-7,9,12-13,20H,3-4,8,10-11,14-15H2,1-2H3/t20-/m0/s1. The number of amides is 1. The number of pyridine rings is 1. The van der Waals surface area contributed by atoms with Crippen LogP contribution in [0.3, 0.4) is 0 Å². The number of rotatable bonds is 4. The minimum absolute atomic E-state index is 0.203. The first kappa shape index (κ1) is 23.4. The number of hydrogen-bond donors (Lipinski definition) is 0. The molecule has 0 radical (unpaired) electrons. The molecule has 2 aliphatic heterocycles. The molecule has 0 spiro atoms. The summed E-state index contributed by atoms with van der Waals surface area (Å²) in [4.78, 5) is 31.9. The third-order valence-electron chi connectivity index (χ3n) is 6.63. The van der Waals surface area contributed by atoms with Crippen LogP contribution in [0, 0.1) is 6.92 Å². The number of carbonyl (C=O) groups excluding carboxylic acids is 2. The molecule has 35 heavy (non-hydrogen) atoms. The molecule has 2 fully saturated rings. The van der Waals surface area contributed by atoms with Crippen LogP contribution in [0.4, 0.5) is 10.5 Å². The Labute approximate surface area is 208 Å². The maximum absolute atomic E-state index is 12.1. The molecule has 2 saturated heterocycles. The number of aryl methyl sites for hydroxylation is 1. The molecule has 1 amide bonds. The minimum atomic E-state index is -0.350. The van der Waals surface area contributed by atoms with Gasteiger partial charge in [0.15, 0.2) is 0 Å². The van der Waals surface area contributed by atoms with Crippen molar-refractivity contribution >= 4 is 35.0 Å². The number of anilines is 1. The lowest BCUT2D eigenvalue weighted by Crippen LogP contribution is -2.46. The van der Waals surface area contributed by atoms with Crippen LogP contribution >= 0.6 is 11.6 Å². The molecule has 1 aromatic carbocycles. The zero-order chi connectivity index (χ0) is 24.5. The zero-order valence-corrected chi connectivity index (χ0v) is 20.5. The third-order valence-corrected chi connectivity index (χ3v) is 6.94. The van der Waals surface area contributed by atoms with Crippen molar-refractivity contribution < 1.29 is 19.1 Å². The van der Waals surface area contributed by atoms with Gasteiger partial charge in [-0.05, 0) is 49.2 Å². The van der Waals surface area contributed by atoms with E-state index in [1.165, 1.54) is 7.11 Å². The average molecular weight is 495 g/mol. The molecule has 0 aliphatic carbocycles. The topological polar surface area (TPSA) is 76.4 Å². The van der Waals surface area contributed by atoms with E-state index in [2.05, 4.69) is 10.3 Å². The third kappa shape index (κ3) is 4.52. The number of ether oxygens (including phenoxy) is 2. The number of hydrogen-bond acceptors (Lipinski definition) is 6. The number of nitrogens with zero attached hydrogens (tertiary/aromatic N) is 4. The van der Waals surface area contributed by atoms with Gasteiger partial charge in [0.2, 0.25) is 0 Å². The van der Waals surface area contributed by atoms with E-state index in [-0.39, 0.29) is 12.2 Å². The second-order valence-corrected chi connectivity index (χ2v) is 9.33. The number of aromatic nitrogens is 2. The van der Waals surface area contributed by atoms with Gasteiger partial charge in [-0.25, -0.2) is 14.6 Å². The predicted molar refractivity (Wildman–Crippen MR) is 134 cm³/mol. The van der Waals surface area contributed by atoms with Crippen LogP contribution in [-0.2, 0) is 20.7 Å². The second-order valence-electron chi connectivity index (χ2n) is 8.92. The molecule has 1 atom stereocenters. The highest BCUT2D eigenvalue weighted by atomic mass is 35.5. The van der Waals surface area contributed by atoms with Gasteiger partial charge in [0.05, 0.1) is 42.8 Å². The normalized spacial score (nSPS) is 18.3. The summed E-state index contributed by atoms with van der Waals surface area (Å²) in [6.45, 7) is 4.19. The van der Waals surface area contributed by atoms with Crippen molar-refractivity contribution in [3.8, 4) is 11.3 Å². The van der Waals surface area contributed by atoms with Gasteiger partial charge in [0, 0.05) is 43.4 Å². The number of allylic oxidation sites excluding steroid dienone is 1. The fourth-order valence-corrected chi connectivity index (χ4v) is 5.16. The van der Waals surface area contributed by atoms with E-state index in [1.807, 2.05) is 48.4 Å². The molecular formula is C26H27ClN4O4. The van der Waals surface area contributed by atoms with E-state index in [0.717, 1.165) is 53.2 Å². The van der Waals surface area contributed by atoms with Crippen LogP contribution in [0.2, 0.25) is 5.02 Å². The smallest absolute Gasteiger partial charge is 0.409 e. The SMILES string of the molecule is COC(=O)N1CCO[C@@H](Cc2c(-c3ccc(N4CCCC4=C=O)cc3Cl)nc3cc(C)ccn23)C1. The number of fused-ring (bicyclic) bond motifs is 1. The molecule has 4 heterocycles. The maximum atomic E-state index is 12.1. The van der Waals surface area contributed by atoms with E-state index >= 15 is 0 Å². The van der Waals surface area contributed by atoms with Gasteiger partial charge >= 0.3 is 6.09 Å². The number of imidazole rings is 1. The Kier molecular flexibility index (Phi) is 6.52. The van der Waals surface area contributed by atoms with E-state index in [4.69, 9.17) is 26.1 Å². The molecule has 8 nitrogen and oxygen atoms in total. The van der Waals surface area contributed by atoms with Crippen molar-refractivity contribution in [2.75, 3.05) is 38.3 Å². The first-order valence-corrected chi connectivity index (χ1v) is 12.1. The molecule has 2 aromatic heterocycles. The molecule has 182 valence electrons. The summed E-state index contributed by atoms with van der Waals surface area (Å²) in [7, 11) is 1.39. The summed E-state index contributed by atoms with van der Waals surface area (Å²) < 4.78 is 13.0. The molecule has 2 aliphatic rings. The van der Waals surface area contributed by atoms with Crippen LogP contribution in [0.15, 0.2) is 42.2 Å². The summed E-state index contributed by atoms with van der Waals surface area (Å²) >= 11 is 6.81. The number of benzene rings is 1. The molecule has 0 N–H and O–H groups in total. The van der Waals surface area contributed by atoms with E-state index < -0.39 is 0 Å². The second kappa shape index (κ2) is 9.74. The van der Waals surface area contributed by atoms with Crippen LogP contribution in [0.25, 0.3) is 16.9 Å². The van der Waals surface area contributed by atoms with Gasteiger partial charge in [0.1, 0.15) is 17.3 Å². The fraction of sp³-hybridized carbons (Fsp3) is 0.385.